The predicted octanol–water partition coefficient (Wildman–Crippen LogP) is 0.939. The standard InChI is InChI=1S/C14H18N2O3/c1-2-15-7-10(17)9-19-13-8-16-14(18)12-6-4-3-5-11(12)13/h3-6,8,10,13,15,17H,2,7,9H2,1H3. The molecule has 2 atom stereocenters. The van der Waals surface area contributed by atoms with Crippen LogP contribution < -0.4 is 5.32 Å². The Bertz CT molecular complexity index is 474. The van der Waals surface area contributed by atoms with E-state index in [0.717, 1.165) is 12.1 Å². The van der Waals surface area contributed by atoms with Crippen molar-refractivity contribution in [2.24, 2.45) is 4.99 Å². The van der Waals surface area contributed by atoms with Gasteiger partial charge in [-0.3, -0.25) is 4.79 Å². The number of carbonyl (C=O) groups is 1. The number of aliphatic imine (C=N–C) groups is 1. The minimum Gasteiger partial charge on any atom is -0.389 e. The second-order valence-electron chi connectivity index (χ2n) is 4.39. The number of nitrogens with zero attached hydrogens (tertiary/aromatic N) is 1. The van der Waals surface area contributed by atoms with Crippen LogP contribution in [0.4, 0.5) is 0 Å². The van der Waals surface area contributed by atoms with Gasteiger partial charge >= 0.3 is 0 Å². The molecule has 0 aliphatic carbocycles. The van der Waals surface area contributed by atoms with Crippen molar-refractivity contribution in [2.45, 2.75) is 19.1 Å². The smallest absolute Gasteiger partial charge is 0.277 e. The number of amides is 1. The topological polar surface area (TPSA) is 70.9 Å². The van der Waals surface area contributed by atoms with Gasteiger partial charge in [-0.1, -0.05) is 25.1 Å². The molecule has 0 radical (unpaired) electrons. The van der Waals surface area contributed by atoms with E-state index >= 15 is 0 Å². The van der Waals surface area contributed by atoms with Crippen molar-refractivity contribution in [1.82, 2.24) is 5.32 Å². The van der Waals surface area contributed by atoms with Crippen LogP contribution in [0, 0.1) is 0 Å². The number of ether oxygens (including phenoxy) is 1. The maximum Gasteiger partial charge on any atom is 0.277 e. The third-order valence-electron chi connectivity index (χ3n) is 2.92. The highest BCUT2D eigenvalue weighted by molar-refractivity contribution is 6.04. The molecule has 1 aliphatic heterocycles. The Labute approximate surface area is 112 Å². The number of benzene rings is 1. The van der Waals surface area contributed by atoms with E-state index in [1.54, 1.807) is 12.1 Å². The monoisotopic (exact) mass is 262 g/mol. The van der Waals surface area contributed by atoms with Crippen LogP contribution in [0.1, 0.15) is 28.9 Å². The molecule has 1 aliphatic rings. The van der Waals surface area contributed by atoms with E-state index < -0.39 is 6.10 Å². The lowest BCUT2D eigenvalue weighted by molar-refractivity contribution is 0.0178. The number of carbonyl (C=O) groups excluding carboxylic acids is 1. The lowest BCUT2D eigenvalue weighted by Crippen LogP contribution is -2.31. The van der Waals surface area contributed by atoms with Crippen molar-refractivity contribution in [1.29, 1.82) is 0 Å². The van der Waals surface area contributed by atoms with Crippen molar-refractivity contribution >= 4 is 12.1 Å². The maximum absolute atomic E-state index is 11.6. The highest BCUT2D eigenvalue weighted by Crippen LogP contribution is 2.24. The van der Waals surface area contributed by atoms with E-state index in [1.165, 1.54) is 6.21 Å². The second-order valence-corrected chi connectivity index (χ2v) is 4.39. The molecule has 0 fully saturated rings. The molecule has 0 spiro atoms. The fourth-order valence-electron chi connectivity index (χ4n) is 1.94. The summed E-state index contributed by atoms with van der Waals surface area (Å²) >= 11 is 0. The molecule has 5 heteroatoms. The lowest BCUT2D eigenvalue weighted by Gasteiger charge is -2.21. The number of hydrogen-bond acceptors (Lipinski definition) is 4. The lowest BCUT2D eigenvalue weighted by atomic mass is 10.00. The molecule has 0 bridgehead atoms. The molecule has 5 nitrogen and oxygen atoms in total. The maximum atomic E-state index is 11.6. The zero-order chi connectivity index (χ0) is 13.7. The molecule has 2 rings (SSSR count). The number of nitrogens with one attached hydrogen (secondary N) is 1. The van der Waals surface area contributed by atoms with Gasteiger partial charge < -0.3 is 15.2 Å². The number of aliphatic hydroxyl groups is 1. The van der Waals surface area contributed by atoms with Gasteiger partial charge in [0.2, 0.25) is 0 Å². The van der Waals surface area contributed by atoms with Crippen LogP contribution in [0.2, 0.25) is 0 Å². The summed E-state index contributed by atoms with van der Waals surface area (Å²) in [6.45, 7) is 3.47. The Morgan fingerprint density at radius 2 is 2.26 bits per heavy atom. The van der Waals surface area contributed by atoms with Crippen molar-refractivity contribution in [2.75, 3.05) is 19.7 Å². The van der Waals surface area contributed by atoms with Crippen molar-refractivity contribution in [3.63, 3.8) is 0 Å². The van der Waals surface area contributed by atoms with Crippen molar-refractivity contribution < 1.29 is 14.6 Å². The summed E-state index contributed by atoms with van der Waals surface area (Å²) in [5.74, 6) is -0.247. The first-order chi connectivity index (χ1) is 9.22. The molecule has 0 saturated carbocycles. The van der Waals surface area contributed by atoms with E-state index in [1.807, 2.05) is 19.1 Å². The summed E-state index contributed by atoms with van der Waals surface area (Å²) < 4.78 is 5.63. The molecule has 102 valence electrons. The molecule has 19 heavy (non-hydrogen) atoms. The SMILES string of the molecule is CCNCC(O)COC1C=NC(=O)c2ccccc21. The molecule has 2 N–H and O–H groups in total. The highest BCUT2D eigenvalue weighted by atomic mass is 16.5. The quantitative estimate of drug-likeness (QED) is 0.800. The second kappa shape index (κ2) is 6.56. The average molecular weight is 262 g/mol. The number of rotatable bonds is 6. The van der Waals surface area contributed by atoms with Gasteiger partial charge in [0, 0.05) is 18.3 Å². The van der Waals surface area contributed by atoms with Crippen LogP contribution in [0.5, 0.6) is 0 Å². The van der Waals surface area contributed by atoms with E-state index in [4.69, 9.17) is 4.74 Å². The van der Waals surface area contributed by atoms with Gasteiger partial charge in [-0.15, -0.1) is 0 Å². The van der Waals surface area contributed by atoms with Crippen LogP contribution in [-0.4, -0.2) is 43.0 Å². The van der Waals surface area contributed by atoms with Gasteiger partial charge in [0.25, 0.3) is 5.91 Å². The van der Waals surface area contributed by atoms with Crippen LogP contribution in [0.3, 0.4) is 0 Å². The van der Waals surface area contributed by atoms with Gasteiger partial charge in [0.1, 0.15) is 6.10 Å². The summed E-state index contributed by atoms with van der Waals surface area (Å²) in [4.78, 5) is 15.4. The van der Waals surface area contributed by atoms with Crippen molar-refractivity contribution in [3.8, 4) is 0 Å². The van der Waals surface area contributed by atoms with Crippen LogP contribution in [0.15, 0.2) is 29.3 Å². The van der Waals surface area contributed by atoms with Gasteiger partial charge in [-0.25, -0.2) is 4.99 Å². The first-order valence-electron chi connectivity index (χ1n) is 6.40. The zero-order valence-corrected chi connectivity index (χ0v) is 10.9. The third kappa shape index (κ3) is 3.47. The Balaban J connectivity index is 1.98. The van der Waals surface area contributed by atoms with Crippen LogP contribution >= 0.6 is 0 Å². The summed E-state index contributed by atoms with van der Waals surface area (Å²) in [6.07, 6.45) is 0.549. The van der Waals surface area contributed by atoms with E-state index in [9.17, 15) is 9.90 Å². The van der Waals surface area contributed by atoms with Crippen LogP contribution in [-0.2, 0) is 4.74 Å². The largest absolute Gasteiger partial charge is 0.389 e. The van der Waals surface area contributed by atoms with Gasteiger partial charge in [-0.2, -0.15) is 0 Å². The van der Waals surface area contributed by atoms with Gasteiger partial charge in [0.05, 0.1) is 12.7 Å². The molecular weight excluding hydrogens is 244 g/mol. The molecular formula is C14H18N2O3. The first kappa shape index (κ1) is 13.9. The molecule has 0 aromatic heterocycles. The molecule has 1 aromatic rings. The molecule has 1 aromatic carbocycles. The van der Waals surface area contributed by atoms with E-state index in [2.05, 4.69) is 10.3 Å². The fraction of sp³-hybridized carbons (Fsp3) is 0.429. The number of aliphatic hydroxyl groups excluding tert-OH is 1. The minimum atomic E-state index is -0.571. The minimum absolute atomic E-state index is 0.201. The van der Waals surface area contributed by atoms with Gasteiger partial charge in [0.15, 0.2) is 0 Å². The fourth-order valence-corrected chi connectivity index (χ4v) is 1.94. The highest BCUT2D eigenvalue weighted by Gasteiger charge is 2.22. The van der Waals surface area contributed by atoms with Crippen LogP contribution in [0.25, 0.3) is 0 Å². The molecule has 1 amide bonds. The Kier molecular flexibility index (Phi) is 4.79. The molecule has 2 unspecified atom stereocenters. The Morgan fingerprint density at radius 1 is 1.47 bits per heavy atom. The summed E-state index contributed by atoms with van der Waals surface area (Å²) in [5, 5.41) is 12.8. The van der Waals surface area contributed by atoms with Gasteiger partial charge in [-0.05, 0) is 18.2 Å². The van der Waals surface area contributed by atoms with E-state index in [0.29, 0.717) is 12.1 Å². The average Bonchev–Trinajstić information content (AvgIpc) is 2.45. The normalized spacial score (nSPS) is 19.3. The summed E-state index contributed by atoms with van der Waals surface area (Å²) in [7, 11) is 0. The third-order valence-corrected chi connectivity index (χ3v) is 2.92. The predicted molar refractivity (Wildman–Crippen MR) is 72.5 cm³/mol. The Morgan fingerprint density at radius 3 is 3.05 bits per heavy atom. The van der Waals surface area contributed by atoms with Crippen molar-refractivity contribution in [3.05, 3.63) is 35.4 Å². The Hall–Kier alpha value is -1.56. The summed E-state index contributed by atoms with van der Waals surface area (Å²) in [5.41, 5.74) is 1.37. The number of likely N-dealkylation sites (N-methyl/N-ethyl adjacent to an activating group) is 1. The zero-order valence-electron chi connectivity index (χ0n) is 10.9. The number of fused-ring (bicyclic) bond motifs is 1. The van der Waals surface area contributed by atoms with E-state index in [-0.39, 0.29) is 18.6 Å². The molecule has 0 saturated heterocycles. The number of hydrogen-bond donors (Lipinski definition) is 2. The first-order valence-corrected chi connectivity index (χ1v) is 6.40. The summed E-state index contributed by atoms with van der Waals surface area (Å²) in [6, 6.07) is 7.24. The molecule has 1 heterocycles.